The van der Waals surface area contributed by atoms with Crippen molar-refractivity contribution >= 4 is 34.4 Å². The number of carbonyl (C=O) groups excluding carboxylic acids is 1. The number of aromatic nitrogens is 1. The van der Waals surface area contributed by atoms with Gasteiger partial charge in [0.25, 0.3) is 5.91 Å². The molecule has 1 amide bonds. The summed E-state index contributed by atoms with van der Waals surface area (Å²) in [5.74, 6) is 0.171. The van der Waals surface area contributed by atoms with Gasteiger partial charge in [0, 0.05) is 42.3 Å². The van der Waals surface area contributed by atoms with E-state index in [1.807, 2.05) is 17.5 Å². The highest BCUT2D eigenvalue weighted by Crippen LogP contribution is 2.42. The molecular weight excluding hydrogens is 402 g/mol. The van der Waals surface area contributed by atoms with Crippen LogP contribution in [-0.4, -0.2) is 24.2 Å². The lowest BCUT2D eigenvalue weighted by atomic mass is 10.2. The molecule has 0 aliphatic carbocycles. The molecule has 150 valence electrons. The van der Waals surface area contributed by atoms with Crippen molar-refractivity contribution in [1.29, 1.82) is 0 Å². The number of anilines is 3. The van der Waals surface area contributed by atoms with Crippen LogP contribution in [0.5, 0.6) is 11.5 Å². The van der Waals surface area contributed by atoms with Crippen LogP contribution >= 0.6 is 11.3 Å². The normalized spacial score (nSPS) is 13.8. The van der Waals surface area contributed by atoms with Gasteiger partial charge in [0.15, 0.2) is 11.5 Å². The van der Waals surface area contributed by atoms with Crippen molar-refractivity contribution in [2.24, 2.45) is 0 Å². The molecule has 0 atom stereocenters. The number of fused-ring (bicyclic) bond motifs is 1. The van der Waals surface area contributed by atoms with E-state index in [0.29, 0.717) is 23.5 Å². The maximum atomic E-state index is 13.1. The maximum Gasteiger partial charge on any atom is 0.586 e. The van der Waals surface area contributed by atoms with Crippen LogP contribution in [0.4, 0.5) is 26.0 Å². The van der Waals surface area contributed by atoms with Crippen LogP contribution in [0.2, 0.25) is 0 Å². The molecule has 1 aliphatic rings. The Labute approximate surface area is 168 Å². The van der Waals surface area contributed by atoms with Gasteiger partial charge < -0.3 is 25.4 Å². The third-order valence-electron chi connectivity index (χ3n) is 4.13. The van der Waals surface area contributed by atoms with Crippen molar-refractivity contribution in [2.45, 2.75) is 12.8 Å². The molecule has 0 saturated heterocycles. The molecule has 3 heterocycles. The van der Waals surface area contributed by atoms with Crippen LogP contribution in [-0.2, 0) is 6.54 Å². The van der Waals surface area contributed by atoms with Gasteiger partial charge >= 0.3 is 6.29 Å². The molecule has 4 rings (SSSR count). The van der Waals surface area contributed by atoms with E-state index in [1.165, 1.54) is 29.5 Å². The summed E-state index contributed by atoms with van der Waals surface area (Å²) in [6.45, 7) is 0.507. The summed E-state index contributed by atoms with van der Waals surface area (Å²) in [5, 5.41) is 12.4. The lowest BCUT2D eigenvalue weighted by Crippen LogP contribution is -2.25. The maximum absolute atomic E-state index is 13.1. The van der Waals surface area contributed by atoms with E-state index in [4.69, 9.17) is 0 Å². The van der Waals surface area contributed by atoms with Crippen LogP contribution < -0.4 is 25.4 Å². The Hall–Kier alpha value is -3.40. The fraction of sp³-hybridized carbons (Fsp3) is 0.158. The molecule has 29 heavy (non-hydrogen) atoms. The molecular formula is C19H16F2N4O3S. The highest BCUT2D eigenvalue weighted by Gasteiger charge is 2.43. The first-order chi connectivity index (χ1) is 13.9. The molecule has 3 aromatic rings. The first-order valence-electron chi connectivity index (χ1n) is 8.57. The van der Waals surface area contributed by atoms with Crippen molar-refractivity contribution in [3.63, 3.8) is 0 Å². The third-order valence-corrected chi connectivity index (χ3v) is 4.87. The van der Waals surface area contributed by atoms with Gasteiger partial charge in [0.05, 0.1) is 11.3 Å². The van der Waals surface area contributed by atoms with Gasteiger partial charge in [-0.1, -0.05) is 0 Å². The van der Waals surface area contributed by atoms with Crippen molar-refractivity contribution in [2.75, 3.05) is 23.0 Å². The minimum Gasteiger partial charge on any atom is -0.395 e. The van der Waals surface area contributed by atoms with E-state index in [2.05, 4.69) is 30.4 Å². The highest BCUT2D eigenvalue weighted by molar-refractivity contribution is 7.08. The number of alkyl halides is 2. The SMILES string of the molecule is CNc1cc(CNc2cscc2C(=O)Nc2ccc3c(c2)OC(F)(F)O3)ccn1. The largest absolute Gasteiger partial charge is 0.586 e. The van der Waals surface area contributed by atoms with Crippen LogP contribution in [0, 0.1) is 0 Å². The topological polar surface area (TPSA) is 84.5 Å². The van der Waals surface area contributed by atoms with Crippen LogP contribution in [0.1, 0.15) is 15.9 Å². The summed E-state index contributed by atoms with van der Waals surface area (Å²) in [7, 11) is 1.79. The lowest BCUT2D eigenvalue weighted by molar-refractivity contribution is -0.286. The summed E-state index contributed by atoms with van der Waals surface area (Å²) < 4.78 is 35.0. The first kappa shape index (κ1) is 18.9. The van der Waals surface area contributed by atoms with E-state index >= 15 is 0 Å². The Morgan fingerprint density at radius 3 is 2.83 bits per heavy atom. The predicted octanol–water partition coefficient (Wildman–Crippen LogP) is 4.37. The molecule has 0 bridgehead atoms. The van der Waals surface area contributed by atoms with Crippen LogP contribution in [0.25, 0.3) is 0 Å². The highest BCUT2D eigenvalue weighted by atomic mass is 32.1. The molecule has 1 aromatic carbocycles. The minimum atomic E-state index is -3.70. The van der Waals surface area contributed by atoms with Crippen molar-refractivity contribution in [3.05, 3.63) is 58.4 Å². The standard InChI is InChI=1S/C19H16F2N4O3S/c1-22-17-6-11(4-5-23-17)8-24-14-10-29-9-13(14)18(26)25-12-2-3-15-16(7-12)28-19(20,21)27-15/h2-7,9-10,24H,8H2,1H3,(H,22,23)(H,25,26). The number of pyridine rings is 1. The zero-order valence-electron chi connectivity index (χ0n) is 15.2. The third kappa shape index (κ3) is 4.21. The summed E-state index contributed by atoms with van der Waals surface area (Å²) in [6.07, 6.45) is -2.00. The molecule has 1 aliphatic heterocycles. The molecule has 10 heteroatoms. The summed E-state index contributed by atoms with van der Waals surface area (Å²) in [6, 6.07) is 7.87. The second-order valence-corrected chi connectivity index (χ2v) is 6.88. The molecule has 0 fully saturated rings. The number of hydrogen-bond acceptors (Lipinski definition) is 7. The van der Waals surface area contributed by atoms with E-state index < -0.39 is 6.29 Å². The average Bonchev–Trinajstić information content (AvgIpc) is 3.28. The van der Waals surface area contributed by atoms with E-state index in [0.717, 1.165) is 11.4 Å². The summed E-state index contributed by atoms with van der Waals surface area (Å²) >= 11 is 1.38. The van der Waals surface area contributed by atoms with Gasteiger partial charge in [-0.05, 0) is 29.8 Å². The van der Waals surface area contributed by atoms with E-state index in [-0.39, 0.29) is 17.4 Å². The molecule has 0 radical (unpaired) electrons. The number of amides is 1. The van der Waals surface area contributed by atoms with Crippen LogP contribution in [0.3, 0.4) is 0 Å². The quantitative estimate of drug-likeness (QED) is 0.551. The van der Waals surface area contributed by atoms with E-state index in [9.17, 15) is 13.6 Å². The lowest BCUT2D eigenvalue weighted by Gasteiger charge is -2.10. The smallest absolute Gasteiger partial charge is 0.395 e. The summed E-state index contributed by atoms with van der Waals surface area (Å²) in [4.78, 5) is 16.8. The van der Waals surface area contributed by atoms with Crippen molar-refractivity contribution in [1.82, 2.24) is 4.98 Å². The number of rotatable bonds is 6. The zero-order chi connectivity index (χ0) is 20.4. The molecule has 0 spiro atoms. The Morgan fingerprint density at radius 2 is 2.00 bits per heavy atom. The van der Waals surface area contributed by atoms with Crippen molar-refractivity contribution < 1.29 is 23.0 Å². The second kappa shape index (κ2) is 7.55. The van der Waals surface area contributed by atoms with Gasteiger partial charge in [-0.3, -0.25) is 4.79 Å². The number of ether oxygens (including phenoxy) is 2. The predicted molar refractivity (Wildman–Crippen MR) is 106 cm³/mol. The Morgan fingerprint density at radius 1 is 1.17 bits per heavy atom. The Bertz CT molecular complexity index is 1060. The number of carbonyl (C=O) groups is 1. The molecule has 3 N–H and O–H groups in total. The molecule has 0 saturated carbocycles. The molecule has 0 unspecified atom stereocenters. The number of nitrogens with one attached hydrogen (secondary N) is 3. The van der Waals surface area contributed by atoms with Crippen LogP contribution in [0.15, 0.2) is 47.3 Å². The van der Waals surface area contributed by atoms with Crippen molar-refractivity contribution in [3.8, 4) is 11.5 Å². The second-order valence-electron chi connectivity index (χ2n) is 6.14. The van der Waals surface area contributed by atoms with Gasteiger partial charge in [-0.2, -0.15) is 0 Å². The first-order valence-corrected chi connectivity index (χ1v) is 9.52. The Kier molecular flexibility index (Phi) is 4.93. The number of hydrogen-bond donors (Lipinski definition) is 3. The Balaban J connectivity index is 1.43. The minimum absolute atomic E-state index is 0.0795. The average molecular weight is 418 g/mol. The zero-order valence-corrected chi connectivity index (χ0v) is 16.0. The number of benzene rings is 1. The monoisotopic (exact) mass is 418 g/mol. The summed E-state index contributed by atoms with van der Waals surface area (Å²) in [5.41, 5.74) is 2.43. The fourth-order valence-corrected chi connectivity index (χ4v) is 3.54. The van der Waals surface area contributed by atoms with Gasteiger partial charge in [0.2, 0.25) is 0 Å². The molecule has 7 nitrogen and oxygen atoms in total. The van der Waals surface area contributed by atoms with Gasteiger partial charge in [0.1, 0.15) is 5.82 Å². The van der Waals surface area contributed by atoms with Gasteiger partial charge in [-0.25, -0.2) is 4.98 Å². The number of halogens is 2. The van der Waals surface area contributed by atoms with E-state index in [1.54, 1.807) is 18.6 Å². The number of nitrogens with zero attached hydrogens (tertiary/aromatic N) is 1. The molecule has 2 aromatic heterocycles. The number of thiophene rings is 1. The fourth-order valence-electron chi connectivity index (χ4n) is 2.75. The van der Waals surface area contributed by atoms with Gasteiger partial charge in [-0.15, -0.1) is 20.1 Å².